The third-order valence-electron chi connectivity index (χ3n) is 4.31. The van der Waals surface area contributed by atoms with Crippen molar-refractivity contribution in [2.45, 2.75) is 46.6 Å². The number of carbonyl (C=O) groups is 1. The van der Waals surface area contributed by atoms with Gasteiger partial charge in [0, 0.05) is 24.1 Å². The number of hydrogen-bond acceptors (Lipinski definition) is 5. The number of aromatic nitrogens is 2. The number of ether oxygens (including phenoxy) is 1. The molecule has 3 aromatic rings. The van der Waals surface area contributed by atoms with E-state index in [-0.39, 0.29) is 24.2 Å². The van der Waals surface area contributed by atoms with Crippen molar-refractivity contribution in [3.8, 4) is 17.1 Å². The molecule has 0 aliphatic heterocycles. The molecule has 0 aliphatic rings. The van der Waals surface area contributed by atoms with E-state index in [0.717, 1.165) is 17.0 Å². The second kappa shape index (κ2) is 8.86. The summed E-state index contributed by atoms with van der Waals surface area (Å²) in [5, 5.41) is 6.75. The number of nitrogens with one attached hydrogen (secondary N) is 1. The van der Waals surface area contributed by atoms with E-state index in [0.29, 0.717) is 29.3 Å². The van der Waals surface area contributed by atoms with Crippen molar-refractivity contribution in [3.05, 3.63) is 59.2 Å². The van der Waals surface area contributed by atoms with E-state index in [1.165, 1.54) is 6.07 Å². The smallest absolute Gasteiger partial charge is 0.227 e. The monoisotopic (exact) mass is 397 g/mol. The SMILES string of the molecule is Cc1ccc(-c2noc(CCC(=O)Nc3ccc(OC(C)C)cc3C)n2)cc1F. The predicted molar refractivity (Wildman–Crippen MR) is 108 cm³/mol. The van der Waals surface area contributed by atoms with Gasteiger partial charge in [-0.2, -0.15) is 4.98 Å². The van der Waals surface area contributed by atoms with Crippen LogP contribution in [0.1, 0.15) is 37.3 Å². The second-order valence-electron chi connectivity index (χ2n) is 7.17. The molecular weight excluding hydrogens is 373 g/mol. The zero-order chi connectivity index (χ0) is 21.0. The standard InChI is InChI=1S/C22H24FN3O3/c1-13(2)28-17-7-8-19(15(4)11-17)24-20(27)9-10-21-25-22(26-29-21)16-6-5-14(3)18(23)12-16/h5-8,11-13H,9-10H2,1-4H3,(H,24,27). The van der Waals surface area contributed by atoms with Crippen LogP contribution >= 0.6 is 0 Å². The lowest BCUT2D eigenvalue weighted by molar-refractivity contribution is -0.116. The number of carbonyl (C=O) groups excluding carboxylic acids is 1. The molecule has 0 radical (unpaired) electrons. The first-order valence-corrected chi connectivity index (χ1v) is 9.48. The molecule has 152 valence electrons. The molecule has 0 atom stereocenters. The molecule has 0 fully saturated rings. The maximum atomic E-state index is 13.7. The maximum absolute atomic E-state index is 13.7. The third-order valence-corrected chi connectivity index (χ3v) is 4.31. The van der Waals surface area contributed by atoms with Crippen LogP contribution in [0.25, 0.3) is 11.4 Å². The molecule has 1 aromatic heterocycles. The normalized spacial score (nSPS) is 11.0. The van der Waals surface area contributed by atoms with Crippen LogP contribution in [-0.2, 0) is 11.2 Å². The van der Waals surface area contributed by atoms with Gasteiger partial charge in [0.25, 0.3) is 0 Å². The van der Waals surface area contributed by atoms with Crippen molar-refractivity contribution in [2.24, 2.45) is 0 Å². The van der Waals surface area contributed by atoms with Gasteiger partial charge in [0.15, 0.2) is 0 Å². The van der Waals surface area contributed by atoms with Gasteiger partial charge in [-0.15, -0.1) is 0 Å². The summed E-state index contributed by atoms with van der Waals surface area (Å²) in [5.74, 6) is 0.908. The van der Waals surface area contributed by atoms with Crippen LogP contribution < -0.4 is 10.1 Å². The van der Waals surface area contributed by atoms with Gasteiger partial charge in [-0.3, -0.25) is 4.79 Å². The van der Waals surface area contributed by atoms with E-state index in [1.54, 1.807) is 19.1 Å². The fourth-order valence-electron chi connectivity index (χ4n) is 2.76. The van der Waals surface area contributed by atoms with Crippen LogP contribution in [0.5, 0.6) is 5.75 Å². The molecule has 1 amide bonds. The molecule has 3 rings (SSSR count). The fourth-order valence-corrected chi connectivity index (χ4v) is 2.76. The van der Waals surface area contributed by atoms with Gasteiger partial charge in [0.1, 0.15) is 11.6 Å². The van der Waals surface area contributed by atoms with Gasteiger partial charge in [-0.25, -0.2) is 4.39 Å². The molecule has 0 bridgehead atoms. The van der Waals surface area contributed by atoms with Crippen LogP contribution in [0.3, 0.4) is 0 Å². The minimum absolute atomic E-state index is 0.0885. The summed E-state index contributed by atoms with van der Waals surface area (Å²) < 4.78 is 24.5. The molecular formula is C22H24FN3O3. The Labute approximate surface area is 169 Å². The lowest BCUT2D eigenvalue weighted by atomic mass is 10.1. The van der Waals surface area contributed by atoms with E-state index >= 15 is 0 Å². The van der Waals surface area contributed by atoms with Gasteiger partial charge in [0.05, 0.1) is 6.10 Å². The highest BCUT2D eigenvalue weighted by Crippen LogP contribution is 2.23. The quantitative estimate of drug-likeness (QED) is 0.617. The number of nitrogens with zero attached hydrogens (tertiary/aromatic N) is 2. The molecule has 29 heavy (non-hydrogen) atoms. The Balaban J connectivity index is 1.57. The fraction of sp³-hybridized carbons (Fsp3) is 0.318. The van der Waals surface area contributed by atoms with E-state index < -0.39 is 0 Å². The number of aryl methyl sites for hydroxylation is 3. The first kappa shape index (κ1) is 20.5. The molecule has 7 heteroatoms. The topological polar surface area (TPSA) is 77.2 Å². The highest BCUT2D eigenvalue weighted by Gasteiger charge is 2.13. The Kier molecular flexibility index (Phi) is 6.26. The van der Waals surface area contributed by atoms with Crippen LogP contribution in [-0.4, -0.2) is 22.2 Å². The zero-order valence-electron chi connectivity index (χ0n) is 17.0. The Morgan fingerprint density at radius 3 is 2.66 bits per heavy atom. The minimum Gasteiger partial charge on any atom is -0.491 e. The number of benzene rings is 2. The van der Waals surface area contributed by atoms with Crippen LogP contribution in [0.4, 0.5) is 10.1 Å². The Bertz CT molecular complexity index is 1010. The number of halogens is 1. The lowest BCUT2D eigenvalue weighted by Gasteiger charge is -2.13. The molecule has 0 unspecified atom stereocenters. The summed E-state index contributed by atoms with van der Waals surface area (Å²) in [6.45, 7) is 7.52. The van der Waals surface area contributed by atoms with Crippen LogP contribution in [0.2, 0.25) is 0 Å². The number of amides is 1. The summed E-state index contributed by atoms with van der Waals surface area (Å²) in [4.78, 5) is 16.5. The van der Waals surface area contributed by atoms with Crippen molar-refractivity contribution in [3.63, 3.8) is 0 Å². The van der Waals surface area contributed by atoms with Gasteiger partial charge >= 0.3 is 0 Å². The summed E-state index contributed by atoms with van der Waals surface area (Å²) >= 11 is 0. The predicted octanol–water partition coefficient (Wildman–Crippen LogP) is 4.85. The molecule has 0 aliphatic carbocycles. The molecule has 6 nitrogen and oxygen atoms in total. The Hall–Kier alpha value is -3.22. The third kappa shape index (κ3) is 5.40. The van der Waals surface area contributed by atoms with Gasteiger partial charge in [0.2, 0.25) is 17.6 Å². The number of anilines is 1. The first-order valence-electron chi connectivity index (χ1n) is 9.48. The summed E-state index contributed by atoms with van der Waals surface area (Å²) in [7, 11) is 0. The summed E-state index contributed by atoms with van der Waals surface area (Å²) in [5.41, 5.74) is 2.73. The van der Waals surface area contributed by atoms with Crippen molar-refractivity contribution in [1.82, 2.24) is 10.1 Å². The average molecular weight is 397 g/mol. The molecule has 0 saturated carbocycles. The van der Waals surface area contributed by atoms with Crippen LogP contribution in [0.15, 0.2) is 40.9 Å². The Morgan fingerprint density at radius 1 is 1.17 bits per heavy atom. The van der Waals surface area contributed by atoms with Crippen molar-refractivity contribution in [2.75, 3.05) is 5.32 Å². The Morgan fingerprint density at radius 2 is 1.97 bits per heavy atom. The van der Waals surface area contributed by atoms with Gasteiger partial charge in [-0.05, 0) is 63.1 Å². The van der Waals surface area contributed by atoms with E-state index in [4.69, 9.17) is 9.26 Å². The number of rotatable bonds is 7. The summed E-state index contributed by atoms with van der Waals surface area (Å²) in [6, 6.07) is 10.3. The second-order valence-corrected chi connectivity index (χ2v) is 7.17. The summed E-state index contributed by atoms with van der Waals surface area (Å²) in [6.07, 6.45) is 0.569. The average Bonchev–Trinajstić information content (AvgIpc) is 3.13. The first-order chi connectivity index (χ1) is 13.8. The van der Waals surface area contributed by atoms with Crippen molar-refractivity contribution >= 4 is 11.6 Å². The van der Waals surface area contributed by atoms with Gasteiger partial charge in [-0.1, -0.05) is 17.3 Å². The van der Waals surface area contributed by atoms with E-state index in [1.807, 2.05) is 39.0 Å². The minimum atomic E-state index is -0.326. The van der Waals surface area contributed by atoms with Gasteiger partial charge < -0.3 is 14.6 Å². The maximum Gasteiger partial charge on any atom is 0.227 e. The van der Waals surface area contributed by atoms with E-state index in [9.17, 15) is 9.18 Å². The largest absolute Gasteiger partial charge is 0.491 e. The highest BCUT2D eigenvalue weighted by atomic mass is 19.1. The van der Waals surface area contributed by atoms with Crippen molar-refractivity contribution < 1.29 is 18.4 Å². The number of hydrogen-bond donors (Lipinski definition) is 1. The molecule has 1 heterocycles. The van der Waals surface area contributed by atoms with Crippen LogP contribution in [0, 0.1) is 19.7 Å². The van der Waals surface area contributed by atoms with E-state index in [2.05, 4.69) is 15.5 Å². The molecule has 0 spiro atoms. The van der Waals surface area contributed by atoms with Crippen molar-refractivity contribution in [1.29, 1.82) is 0 Å². The zero-order valence-corrected chi connectivity index (χ0v) is 17.0. The highest BCUT2D eigenvalue weighted by molar-refractivity contribution is 5.91. The lowest BCUT2D eigenvalue weighted by Crippen LogP contribution is -2.13. The molecule has 2 aromatic carbocycles. The molecule has 0 saturated heterocycles. The molecule has 1 N–H and O–H groups in total.